The molecule has 0 saturated carbocycles. The molecule has 190 valence electrons. The Kier molecular flexibility index (Phi) is 8.35. The van der Waals surface area contributed by atoms with Crippen molar-refractivity contribution < 1.29 is 33.4 Å². The molecule has 0 N–H and O–H groups in total. The summed E-state index contributed by atoms with van der Waals surface area (Å²) in [5.41, 5.74) is 1.29. The molecule has 8 nitrogen and oxygen atoms in total. The van der Waals surface area contributed by atoms with Crippen LogP contribution in [0, 0.1) is 5.92 Å². The first-order valence-electron chi connectivity index (χ1n) is 11.7. The van der Waals surface area contributed by atoms with Crippen molar-refractivity contribution in [2.45, 2.75) is 13.3 Å². The third-order valence-corrected chi connectivity index (χ3v) is 6.26. The van der Waals surface area contributed by atoms with Crippen LogP contribution < -0.4 is 14.4 Å². The molecule has 0 aliphatic carbocycles. The monoisotopic (exact) mass is 565 g/mol. The van der Waals surface area contributed by atoms with Crippen molar-refractivity contribution in [3.63, 3.8) is 0 Å². The molecule has 1 aliphatic heterocycles. The predicted molar refractivity (Wildman–Crippen MR) is 139 cm³/mol. The smallest absolute Gasteiger partial charge is 0.343 e. The number of halogens is 1. The van der Waals surface area contributed by atoms with Gasteiger partial charge in [-0.3, -0.25) is 14.4 Å². The van der Waals surface area contributed by atoms with E-state index in [0.29, 0.717) is 29.2 Å². The summed E-state index contributed by atoms with van der Waals surface area (Å²) in [6.45, 7) is 1.98. The molecule has 1 fully saturated rings. The maximum atomic E-state index is 12.6. The van der Waals surface area contributed by atoms with Crippen molar-refractivity contribution in [1.29, 1.82) is 0 Å². The van der Waals surface area contributed by atoms with Crippen molar-refractivity contribution in [2.24, 2.45) is 5.92 Å². The van der Waals surface area contributed by atoms with Crippen LogP contribution in [0.3, 0.4) is 0 Å². The Hall–Kier alpha value is -3.98. The second kappa shape index (κ2) is 11.8. The van der Waals surface area contributed by atoms with Crippen LogP contribution in [0.5, 0.6) is 11.5 Å². The Balaban J connectivity index is 1.30. The number of anilines is 1. The van der Waals surface area contributed by atoms with Gasteiger partial charge in [0, 0.05) is 23.0 Å². The minimum Gasteiger partial charge on any atom is -0.492 e. The zero-order valence-corrected chi connectivity index (χ0v) is 21.6. The molecular formula is C28H24BrNO7. The fraction of sp³-hybridized carbons (Fsp3) is 0.214. The fourth-order valence-electron chi connectivity index (χ4n) is 3.85. The van der Waals surface area contributed by atoms with E-state index in [9.17, 15) is 19.2 Å². The van der Waals surface area contributed by atoms with Crippen LogP contribution in [0.15, 0.2) is 77.3 Å². The Labute approximate surface area is 222 Å². The summed E-state index contributed by atoms with van der Waals surface area (Å²) in [6.07, 6.45) is -0.00802. The number of hydrogen-bond donors (Lipinski definition) is 0. The lowest BCUT2D eigenvalue weighted by Crippen LogP contribution is -2.27. The number of esters is 2. The molecule has 0 bridgehead atoms. The Morgan fingerprint density at radius 2 is 1.62 bits per heavy atom. The number of ether oxygens (including phenoxy) is 3. The van der Waals surface area contributed by atoms with E-state index in [-0.39, 0.29) is 24.6 Å². The van der Waals surface area contributed by atoms with Gasteiger partial charge in [0.05, 0.1) is 23.8 Å². The number of ketones is 1. The van der Waals surface area contributed by atoms with Gasteiger partial charge in [-0.05, 0) is 67.6 Å². The van der Waals surface area contributed by atoms with E-state index in [1.54, 1.807) is 42.5 Å². The van der Waals surface area contributed by atoms with Gasteiger partial charge >= 0.3 is 11.9 Å². The standard InChI is InChI=1S/C28H24BrNO7/c1-2-35-25-6-4-3-5-23(25)30-16-20(15-26(30)32)27(33)36-17-24(31)18-9-13-22(14-10-18)37-28(34)19-7-11-21(29)12-8-19/h3-14,20H,2,15-17H2,1H3/t20-/m1/s1. The first kappa shape index (κ1) is 26.1. The highest BCUT2D eigenvalue weighted by atomic mass is 79.9. The van der Waals surface area contributed by atoms with Crippen LogP contribution in [0.4, 0.5) is 5.69 Å². The molecule has 4 rings (SSSR count). The van der Waals surface area contributed by atoms with Crippen molar-refractivity contribution >= 4 is 45.2 Å². The number of amides is 1. The van der Waals surface area contributed by atoms with Gasteiger partial charge in [-0.1, -0.05) is 28.1 Å². The summed E-state index contributed by atoms with van der Waals surface area (Å²) in [7, 11) is 0. The highest BCUT2D eigenvalue weighted by Crippen LogP contribution is 2.33. The van der Waals surface area contributed by atoms with Gasteiger partial charge in [0.1, 0.15) is 11.5 Å². The normalized spacial score (nSPS) is 14.8. The highest BCUT2D eigenvalue weighted by Gasteiger charge is 2.37. The van der Waals surface area contributed by atoms with E-state index in [2.05, 4.69) is 15.9 Å². The first-order valence-corrected chi connectivity index (χ1v) is 12.4. The van der Waals surface area contributed by atoms with Gasteiger partial charge in [-0.2, -0.15) is 0 Å². The van der Waals surface area contributed by atoms with Gasteiger partial charge < -0.3 is 19.1 Å². The second-order valence-electron chi connectivity index (χ2n) is 8.26. The Morgan fingerprint density at radius 3 is 2.32 bits per heavy atom. The third kappa shape index (κ3) is 6.42. The van der Waals surface area contributed by atoms with Crippen molar-refractivity contribution in [1.82, 2.24) is 0 Å². The lowest BCUT2D eigenvalue weighted by atomic mass is 10.1. The number of nitrogens with zero attached hydrogens (tertiary/aromatic N) is 1. The van der Waals surface area contributed by atoms with Gasteiger partial charge in [0.25, 0.3) is 0 Å². The summed E-state index contributed by atoms with van der Waals surface area (Å²) in [4.78, 5) is 51.5. The minimum absolute atomic E-state index is 0.00802. The van der Waals surface area contributed by atoms with Crippen LogP contribution >= 0.6 is 15.9 Å². The SMILES string of the molecule is CCOc1ccccc1N1C[C@H](C(=O)OCC(=O)c2ccc(OC(=O)c3ccc(Br)cc3)cc2)CC1=O. The molecule has 1 saturated heterocycles. The molecule has 3 aromatic rings. The van der Waals surface area contributed by atoms with Crippen LogP contribution in [0.1, 0.15) is 34.1 Å². The Bertz CT molecular complexity index is 1300. The molecule has 0 aromatic heterocycles. The zero-order valence-electron chi connectivity index (χ0n) is 20.0. The molecule has 3 aromatic carbocycles. The molecule has 9 heteroatoms. The number of carbonyl (C=O) groups is 4. The molecule has 0 unspecified atom stereocenters. The summed E-state index contributed by atoms with van der Waals surface area (Å²) in [5.74, 6) is -1.61. The maximum Gasteiger partial charge on any atom is 0.343 e. The molecule has 0 radical (unpaired) electrons. The number of benzene rings is 3. The molecule has 0 spiro atoms. The van der Waals surface area contributed by atoms with E-state index < -0.39 is 30.2 Å². The van der Waals surface area contributed by atoms with Crippen molar-refractivity contribution in [2.75, 3.05) is 24.7 Å². The molecule has 1 atom stereocenters. The molecule has 1 aliphatic rings. The van der Waals surface area contributed by atoms with Gasteiger partial charge in [0.2, 0.25) is 5.91 Å². The van der Waals surface area contributed by atoms with Gasteiger partial charge in [0.15, 0.2) is 12.4 Å². The largest absolute Gasteiger partial charge is 0.492 e. The zero-order chi connectivity index (χ0) is 26.4. The van der Waals surface area contributed by atoms with Gasteiger partial charge in [-0.15, -0.1) is 0 Å². The molecule has 1 amide bonds. The van der Waals surface area contributed by atoms with E-state index in [0.717, 1.165) is 4.47 Å². The van der Waals surface area contributed by atoms with E-state index in [4.69, 9.17) is 14.2 Å². The van der Waals surface area contributed by atoms with E-state index in [1.165, 1.54) is 29.2 Å². The quantitative estimate of drug-likeness (QED) is 0.208. The molecule has 1 heterocycles. The molecular weight excluding hydrogens is 542 g/mol. The maximum absolute atomic E-state index is 12.6. The average Bonchev–Trinajstić information content (AvgIpc) is 3.29. The van der Waals surface area contributed by atoms with Gasteiger partial charge in [-0.25, -0.2) is 4.79 Å². The number of Topliss-reactive ketones (excluding diaryl/α,β-unsaturated/α-hetero) is 1. The van der Waals surface area contributed by atoms with Crippen LogP contribution in [-0.4, -0.2) is 43.4 Å². The van der Waals surface area contributed by atoms with Crippen LogP contribution in [0.2, 0.25) is 0 Å². The lowest BCUT2D eigenvalue weighted by molar-refractivity contribution is -0.147. The van der Waals surface area contributed by atoms with E-state index >= 15 is 0 Å². The molecule has 37 heavy (non-hydrogen) atoms. The third-order valence-electron chi connectivity index (χ3n) is 5.73. The first-order chi connectivity index (χ1) is 17.9. The Morgan fingerprint density at radius 1 is 0.946 bits per heavy atom. The number of para-hydroxylation sites is 2. The van der Waals surface area contributed by atoms with Crippen LogP contribution in [0.25, 0.3) is 0 Å². The van der Waals surface area contributed by atoms with Crippen molar-refractivity contribution in [3.05, 3.63) is 88.4 Å². The number of carbonyl (C=O) groups excluding carboxylic acids is 4. The lowest BCUT2D eigenvalue weighted by Gasteiger charge is -2.19. The average molecular weight is 566 g/mol. The summed E-state index contributed by atoms with van der Waals surface area (Å²) < 4.78 is 17.0. The fourth-order valence-corrected chi connectivity index (χ4v) is 4.12. The number of rotatable bonds is 9. The van der Waals surface area contributed by atoms with Crippen LogP contribution in [-0.2, 0) is 14.3 Å². The second-order valence-corrected chi connectivity index (χ2v) is 9.17. The summed E-state index contributed by atoms with van der Waals surface area (Å²) >= 11 is 3.31. The number of hydrogen-bond acceptors (Lipinski definition) is 7. The highest BCUT2D eigenvalue weighted by molar-refractivity contribution is 9.10. The summed E-state index contributed by atoms with van der Waals surface area (Å²) in [5, 5.41) is 0. The summed E-state index contributed by atoms with van der Waals surface area (Å²) in [6, 6.07) is 19.8. The van der Waals surface area contributed by atoms with E-state index in [1.807, 2.05) is 13.0 Å². The topological polar surface area (TPSA) is 99.2 Å². The minimum atomic E-state index is -0.685. The van der Waals surface area contributed by atoms with Crippen molar-refractivity contribution in [3.8, 4) is 11.5 Å². The predicted octanol–water partition coefficient (Wildman–Crippen LogP) is 4.85.